The van der Waals surface area contributed by atoms with Crippen LogP contribution in [0.15, 0.2) is 71.8 Å². The Morgan fingerprint density at radius 2 is 1.68 bits per heavy atom. The van der Waals surface area contributed by atoms with Gasteiger partial charge in [0.2, 0.25) is 5.96 Å². The van der Waals surface area contributed by atoms with Crippen molar-refractivity contribution < 1.29 is 14.3 Å². The number of hydrogen-bond donors (Lipinski definition) is 1. The standard InChI is InChI=1S/C27H28N4O3/c1-18-10-12-21(13-11-18)31-27(2)22-17-24(34-4)23(33-3)16-20(22)14-15-30(27)26(29-31)28-25(32)19-8-6-5-7-9-19/h5-13,16-17H,14-15H2,1-4H3,(H,28,29,32)/t27-/m1/s1. The highest BCUT2D eigenvalue weighted by Gasteiger charge is 2.51. The van der Waals surface area contributed by atoms with Gasteiger partial charge in [-0.05, 0) is 62.2 Å². The molecule has 1 N–H and O–H groups in total. The fourth-order valence-electron chi connectivity index (χ4n) is 4.80. The zero-order chi connectivity index (χ0) is 23.9. The third-order valence-corrected chi connectivity index (χ3v) is 6.65. The number of hydrazone groups is 1. The summed E-state index contributed by atoms with van der Waals surface area (Å²) in [5.74, 6) is 1.70. The Morgan fingerprint density at radius 3 is 2.35 bits per heavy atom. The Balaban J connectivity index is 1.61. The van der Waals surface area contributed by atoms with Crippen LogP contribution in [0.25, 0.3) is 0 Å². The number of amides is 1. The van der Waals surface area contributed by atoms with Crippen molar-refractivity contribution in [3.8, 4) is 11.5 Å². The zero-order valence-corrected chi connectivity index (χ0v) is 19.8. The summed E-state index contributed by atoms with van der Waals surface area (Å²) in [5, 5.41) is 9.97. The molecule has 2 heterocycles. The van der Waals surface area contributed by atoms with Crippen LogP contribution in [0.3, 0.4) is 0 Å². The number of nitrogens with one attached hydrogen (secondary N) is 1. The number of anilines is 1. The number of carbonyl (C=O) groups excluding carboxylic acids is 1. The van der Waals surface area contributed by atoms with Crippen LogP contribution in [0.2, 0.25) is 0 Å². The van der Waals surface area contributed by atoms with Gasteiger partial charge in [0.1, 0.15) is 0 Å². The van der Waals surface area contributed by atoms with Gasteiger partial charge in [-0.1, -0.05) is 35.9 Å². The summed E-state index contributed by atoms with van der Waals surface area (Å²) in [6.07, 6.45) is 0.785. The minimum atomic E-state index is -0.665. The Bertz CT molecular complexity index is 1260. The van der Waals surface area contributed by atoms with Crippen LogP contribution in [0.4, 0.5) is 5.69 Å². The highest BCUT2D eigenvalue weighted by atomic mass is 16.5. The van der Waals surface area contributed by atoms with Gasteiger partial charge in [-0.15, -0.1) is 5.10 Å². The summed E-state index contributed by atoms with van der Waals surface area (Å²) in [7, 11) is 3.29. The Kier molecular flexibility index (Phi) is 5.40. The van der Waals surface area contributed by atoms with Crippen LogP contribution in [0.1, 0.15) is 34.0 Å². The summed E-state index contributed by atoms with van der Waals surface area (Å²) in [5.41, 5.74) is 4.25. The molecule has 2 aliphatic rings. The number of methoxy groups -OCH3 is 2. The van der Waals surface area contributed by atoms with E-state index in [2.05, 4.69) is 48.3 Å². The molecule has 3 aromatic carbocycles. The molecule has 0 radical (unpaired) electrons. The highest BCUT2D eigenvalue weighted by Crippen LogP contribution is 2.47. The average molecular weight is 457 g/mol. The molecule has 0 saturated carbocycles. The number of rotatable bonds is 4. The fourth-order valence-corrected chi connectivity index (χ4v) is 4.80. The molecule has 0 spiro atoms. The minimum absolute atomic E-state index is 0.189. The molecule has 0 aromatic heterocycles. The van der Waals surface area contributed by atoms with Crippen LogP contribution in [0, 0.1) is 6.92 Å². The van der Waals surface area contributed by atoms with E-state index in [1.54, 1.807) is 26.4 Å². The second-order valence-electron chi connectivity index (χ2n) is 8.68. The number of fused-ring (bicyclic) bond motifs is 3. The number of carbonyl (C=O) groups is 1. The van der Waals surface area contributed by atoms with Gasteiger partial charge in [0.05, 0.1) is 19.9 Å². The lowest BCUT2D eigenvalue weighted by atomic mass is 9.87. The first-order chi connectivity index (χ1) is 16.5. The van der Waals surface area contributed by atoms with Crippen LogP contribution < -0.4 is 19.8 Å². The molecule has 34 heavy (non-hydrogen) atoms. The summed E-state index contributed by atoms with van der Waals surface area (Å²) < 4.78 is 11.2. The van der Waals surface area contributed by atoms with E-state index in [1.165, 1.54) is 11.1 Å². The van der Waals surface area contributed by atoms with Crippen molar-refractivity contribution in [3.05, 3.63) is 89.0 Å². The molecule has 0 saturated heterocycles. The first kappa shape index (κ1) is 21.8. The predicted octanol–water partition coefficient (Wildman–Crippen LogP) is 4.26. The molecule has 174 valence electrons. The molecule has 2 aliphatic heterocycles. The van der Waals surface area contributed by atoms with Gasteiger partial charge in [-0.25, -0.2) is 5.01 Å². The Hall–Kier alpha value is -4.00. The second-order valence-corrected chi connectivity index (χ2v) is 8.68. The van der Waals surface area contributed by atoms with Gasteiger partial charge >= 0.3 is 0 Å². The smallest absolute Gasteiger partial charge is 0.258 e. The monoisotopic (exact) mass is 456 g/mol. The van der Waals surface area contributed by atoms with Crippen LogP contribution in [-0.2, 0) is 12.1 Å². The summed E-state index contributed by atoms with van der Waals surface area (Å²) >= 11 is 0. The fraction of sp³-hybridized carbons (Fsp3) is 0.259. The van der Waals surface area contributed by atoms with Crippen molar-refractivity contribution in [2.45, 2.75) is 25.9 Å². The van der Waals surface area contributed by atoms with Gasteiger partial charge in [-0.3, -0.25) is 10.1 Å². The SMILES string of the molecule is COc1cc2c(cc1OC)[C@]1(C)N(CC2)C(NC(=O)c2ccccc2)=NN1c1ccc(C)cc1. The average Bonchev–Trinajstić information content (AvgIpc) is 3.16. The van der Waals surface area contributed by atoms with E-state index in [1.807, 2.05) is 35.3 Å². The van der Waals surface area contributed by atoms with Crippen molar-refractivity contribution >= 4 is 17.6 Å². The molecule has 0 bridgehead atoms. The van der Waals surface area contributed by atoms with Crippen molar-refractivity contribution in [2.24, 2.45) is 5.10 Å². The van der Waals surface area contributed by atoms with E-state index in [0.717, 1.165) is 17.7 Å². The highest BCUT2D eigenvalue weighted by molar-refractivity contribution is 6.06. The van der Waals surface area contributed by atoms with E-state index in [4.69, 9.17) is 14.6 Å². The lowest BCUT2D eigenvalue weighted by Crippen LogP contribution is -2.57. The van der Waals surface area contributed by atoms with Crippen LogP contribution >= 0.6 is 0 Å². The van der Waals surface area contributed by atoms with Gasteiger partial charge in [0.15, 0.2) is 17.2 Å². The first-order valence-corrected chi connectivity index (χ1v) is 11.3. The summed E-state index contributed by atoms with van der Waals surface area (Å²) in [6, 6.07) is 21.5. The minimum Gasteiger partial charge on any atom is -0.493 e. The van der Waals surface area contributed by atoms with Crippen molar-refractivity contribution in [1.82, 2.24) is 10.2 Å². The van der Waals surface area contributed by atoms with Crippen LogP contribution in [-0.4, -0.2) is 37.5 Å². The van der Waals surface area contributed by atoms with Crippen molar-refractivity contribution in [2.75, 3.05) is 25.8 Å². The Morgan fingerprint density at radius 1 is 1.00 bits per heavy atom. The van der Waals surface area contributed by atoms with E-state index in [-0.39, 0.29) is 5.91 Å². The second kappa shape index (κ2) is 8.41. The number of hydrogen-bond acceptors (Lipinski definition) is 6. The molecule has 7 nitrogen and oxygen atoms in total. The summed E-state index contributed by atoms with van der Waals surface area (Å²) in [6.45, 7) is 4.88. The number of nitrogens with zero attached hydrogens (tertiary/aromatic N) is 3. The van der Waals surface area contributed by atoms with Crippen molar-refractivity contribution in [3.63, 3.8) is 0 Å². The number of ether oxygens (including phenoxy) is 2. The molecule has 5 rings (SSSR count). The summed E-state index contributed by atoms with van der Waals surface area (Å²) in [4.78, 5) is 15.2. The number of aryl methyl sites for hydroxylation is 1. The molecule has 7 heteroatoms. The molecule has 0 unspecified atom stereocenters. The molecule has 0 fully saturated rings. The molecule has 3 aromatic rings. The Labute approximate surface area is 199 Å². The van der Waals surface area contributed by atoms with E-state index < -0.39 is 5.66 Å². The first-order valence-electron chi connectivity index (χ1n) is 11.3. The molecule has 1 atom stereocenters. The molecular weight excluding hydrogens is 428 g/mol. The van der Waals surface area contributed by atoms with Crippen molar-refractivity contribution in [1.29, 1.82) is 0 Å². The number of guanidine groups is 1. The predicted molar refractivity (Wildman–Crippen MR) is 132 cm³/mol. The lowest BCUT2D eigenvalue weighted by Gasteiger charge is -2.46. The molecule has 0 aliphatic carbocycles. The van der Waals surface area contributed by atoms with Gasteiger partial charge in [0.25, 0.3) is 5.91 Å². The number of benzene rings is 3. The maximum Gasteiger partial charge on any atom is 0.258 e. The quantitative estimate of drug-likeness (QED) is 0.635. The third kappa shape index (κ3) is 3.44. The van der Waals surface area contributed by atoms with E-state index in [0.29, 0.717) is 29.6 Å². The van der Waals surface area contributed by atoms with Gasteiger partial charge in [-0.2, -0.15) is 0 Å². The lowest BCUT2D eigenvalue weighted by molar-refractivity contribution is 0.0967. The van der Waals surface area contributed by atoms with Gasteiger partial charge < -0.3 is 14.4 Å². The van der Waals surface area contributed by atoms with E-state index >= 15 is 0 Å². The third-order valence-electron chi connectivity index (χ3n) is 6.65. The molecular formula is C27H28N4O3. The maximum atomic E-state index is 13.0. The normalized spacial score (nSPS) is 18.6. The van der Waals surface area contributed by atoms with Gasteiger partial charge in [0, 0.05) is 17.7 Å². The maximum absolute atomic E-state index is 13.0. The molecule has 1 amide bonds. The zero-order valence-electron chi connectivity index (χ0n) is 19.8. The van der Waals surface area contributed by atoms with Crippen LogP contribution in [0.5, 0.6) is 11.5 Å². The van der Waals surface area contributed by atoms with E-state index in [9.17, 15) is 4.79 Å². The topological polar surface area (TPSA) is 66.4 Å². The largest absolute Gasteiger partial charge is 0.493 e.